The summed E-state index contributed by atoms with van der Waals surface area (Å²) in [4.78, 5) is 16.8. The third kappa shape index (κ3) is 3.14. The molecule has 1 aliphatic carbocycles. The maximum absolute atomic E-state index is 12.5. The summed E-state index contributed by atoms with van der Waals surface area (Å²) in [5.74, 6) is 0.00619. The fourth-order valence-corrected chi connectivity index (χ4v) is 4.58. The Bertz CT molecular complexity index is 910. The summed E-state index contributed by atoms with van der Waals surface area (Å²) in [6, 6.07) is 5.00. The van der Waals surface area contributed by atoms with Crippen LogP contribution in [0, 0.1) is 5.92 Å². The number of nitrogens with one attached hydrogen (secondary N) is 2. The number of nitrogens with zero attached hydrogens (tertiary/aromatic N) is 2. The van der Waals surface area contributed by atoms with Crippen molar-refractivity contribution in [2.45, 2.75) is 31.0 Å². The first-order valence-corrected chi connectivity index (χ1v) is 10.1. The van der Waals surface area contributed by atoms with E-state index in [0.717, 1.165) is 24.0 Å². The van der Waals surface area contributed by atoms with Gasteiger partial charge in [0, 0.05) is 24.9 Å². The molecule has 2 aromatic heterocycles. The number of carbonyl (C=O) groups excluding carboxylic acids is 1. The number of aromatic nitrogens is 2. The quantitative estimate of drug-likeness (QED) is 0.758. The maximum Gasteiger partial charge on any atom is 0.226 e. The number of sulfonamides is 1. The zero-order valence-electron chi connectivity index (χ0n) is 13.8. The van der Waals surface area contributed by atoms with Crippen molar-refractivity contribution < 1.29 is 17.9 Å². The van der Waals surface area contributed by atoms with Crippen LogP contribution in [0.5, 0.6) is 0 Å². The van der Waals surface area contributed by atoms with Crippen molar-refractivity contribution >= 4 is 21.6 Å². The third-order valence-electron chi connectivity index (χ3n) is 4.90. The fraction of sp³-hybridized carbons (Fsp3) is 0.500. The zero-order chi connectivity index (χ0) is 17.6. The van der Waals surface area contributed by atoms with E-state index in [4.69, 9.17) is 4.74 Å². The minimum absolute atomic E-state index is 0.152. The van der Waals surface area contributed by atoms with Gasteiger partial charge in [0.1, 0.15) is 5.65 Å². The first-order chi connectivity index (χ1) is 11.9. The van der Waals surface area contributed by atoms with E-state index in [1.165, 1.54) is 0 Å². The molecule has 0 aromatic carbocycles. The molecule has 0 bridgehead atoms. The van der Waals surface area contributed by atoms with Gasteiger partial charge in [0.15, 0.2) is 0 Å². The van der Waals surface area contributed by atoms with Crippen LogP contribution in [0.2, 0.25) is 0 Å². The highest BCUT2D eigenvalue weighted by Gasteiger charge is 2.55. The Balaban J connectivity index is 1.46. The van der Waals surface area contributed by atoms with Crippen LogP contribution in [0.1, 0.15) is 12.1 Å². The summed E-state index contributed by atoms with van der Waals surface area (Å²) >= 11 is 0. The lowest BCUT2D eigenvalue weighted by molar-refractivity contribution is -0.124. The molecule has 134 valence electrons. The molecule has 0 spiro atoms. The molecule has 1 saturated heterocycles. The molecule has 2 aliphatic rings. The number of ether oxygens (including phenoxy) is 1. The average molecular weight is 364 g/mol. The number of carbonyl (C=O) groups is 1. The number of amides is 1. The van der Waals surface area contributed by atoms with Crippen LogP contribution in [0.15, 0.2) is 30.6 Å². The van der Waals surface area contributed by atoms with Crippen LogP contribution in [0.25, 0.3) is 5.65 Å². The summed E-state index contributed by atoms with van der Waals surface area (Å²) in [6.07, 6.45) is 5.52. The smallest absolute Gasteiger partial charge is 0.226 e. The molecular weight excluding hydrogens is 344 g/mol. The van der Waals surface area contributed by atoms with Gasteiger partial charge in [-0.15, -0.1) is 0 Å². The van der Waals surface area contributed by atoms with Gasteiger partial charge in [-0.1, -0.05) is 6.07 Å². The number of imidazole rings is 1. The Morgan fingerprint density at radius 2 is 2.24 bits per heavy atom. The van der Waals surface area contributed by atoms with E-state index in [9.17, 15) is 13.2 Å². The van der Waals surface area contributed by atoms with Gasteiger partial charge in [-0.2, -0.15) is 0 Å². The molecule has 4 atom stereocenters. The summed E-state index contributed by atoms with van der Waals surface area (Å²) in [5.41, 5.74) is 1.58. The molecule has 0 radical (unpaired) electrons. The third-order valence-corrected chi connectivity index (χ3v) is 5.60. The van der Waals surface area contributed by atoms with Crippen molar-refractivity contribution in [1.29, 1.82) is 0 Å². The van der Waals surface area contributed by atoms with E-state index in [-0.39, 0.29) is 30.4 Å². The Labute approximate surface area is 145 Å². The Morgan fingerprint density at radius 3 is 3.04 bits per heavy atom. The summed E-state index contributed by atoms with van der Waals surface area (Å²) < 4.78 is 33.2. The molecule has 0 unspecified atom stereocenters. The van der Waals surface area contributed by atoms with Gasteiger partial charge in [-0.05, 0) is 18.6 Å². The number of rotatable bonds is 5. The van der Waals surface area contributed by atoms with Crippen LogP contribution in [0.4, 0.5) is 0 Å². The van der Waals surface area contributed by atoms with Crippen molar-refractivity contribution in [2.75, 3.05) is 12.9 Å². The number of hydrogen-bond acceptors (Lipinski definition) is 5. The summed E-state index contributed by atoms with van der Waals surface area (Å²) in [6.45, 7) is 0.594. The van der Waals surface area contributed by atoms with Crippen molar-refractivity contribution in [3.63, 3.8) is 0 Å². The predicted octanol–water partition coefficient (Wildman–Crippen LogP) is -0.302. The molecule has 2 aromatic rings. The monoisotopic (exact) mass is 364 g/mol. The van der Waals surface area contributed by atoms with E-state index in [0.29, 0.717) is 6.61 Å². The first kappa shape index (κ1) is 16.5. The van der Waals surface area contributed by atoms with Crippen molar-refractivity contribution in [2.24, 2.45) is 5.92 Å². The lowest BCUT2D eigenvalue weighted by atomic mass is 9.72. The largest absolute Gasteiger partial charge is 0.376 e. The Kier molecular flexibility index (Phi) is 4.01. The predicted molar refractivity (Wildman–Crippen MR) is 90.4 cm³/mol. The van der Waals surface area contributed by atoms with Gasteiger partial charge in [0.25, 0.3) is 0 Å². The van der Waals surface area contributed by atoms with E-state index < -0.39 is 16.1 Å². The first-order valence-electron chi connectivity index (χ1n) is 8.21. The molecule has 1 aliphatic heterocycles. The standard InChI is InChI=1S/C16H20N4O4S/c1-25(22,23)19-15-14(11-5-7-24-16(11)15)18-13(21)8-10-9-17-12-4-2-3-6-20(10)12/h2-4,6,9,11,14-16,19H,5,7-8H2,1H3,(H,18,21)/t11-,14+,15-,16-/m1/s1. The molecule has 4 rings (SSSR count). The van der Waals surface area contributed by atoms with Gasteiger partial charge in [-0.3, -0.25) is 4.79 Å². The van der Waals surface area contributed by atoms with Crippen LogP contribution in [-0.4, -0.2) is 54.8 Å². The number of hydrogen-bond donors (Lipinski definition) is 2. The summed E-state index contributed by atoms with van der Waals surface area (Å²) in [7, 11) is -3.37. The highest BCUT2D eigenvalue weighted by atomic mass is 32.2. The maximum atomic E-state index is 12.5. The fourth-order valence-electron chi connectivity index (χ4n) is 3.81. The molecule has 1 saturated carbocycles. The number of pyridine rings is 1. The minimum Gasteiger partial charge on any atom is -0.376 e. The van der Waals surface area contributed by atoms with Gasteiger partial charge in [0.2, 0.25) is 15.9 Å². The average Bonchev–Trinajstić information content (AvgIpc) is 3.15. The number of fused-ring (bicyclic) bond motifs is 2. The molecule has 2 fully saturated rings. The van der Waals surface area contributed by atoms with Gasteiger partial charge in [0.05, 0.1) is 36.6 Å². The molecule has 25 heavy (non-hydrogen) atoms. The molecule has 1 amide bonds. The van der Waals surface area contributed by atoms with E-state index >= 15 is 0 Å². The van der Waals surface area contributed by atoms with Crippen LogP contribution >= 0.6 is 0 Å². The summed E-state index contributed by atoms with van der Waals surface area (Å²) in [5, 5.41) is 2.98. The zero-order valence-corrected chi connectivity index (χ0v) is 14.6. The minimum atomic E-state index is -3.37. The normalized spacial score (nSPS) is 28.5. The molecule has 2 N–H and O–H groups in total. The molecule has 9 heteroatoms. The van der Waals surface area contributed by atoms with Crippen LogP contribution in [0.3, 0.4) is 0 Å². The second-order valence-corrected chi connectivity index (χ2v) is 8.43. The van der Waals surface area contributed by atoms with Crippen LogP contribution < -0.4 is 10.0 Å². The van der Waals surface area contributed by atoms with Gasteiger partial charge < -0.3 is 14.5 Å². The van der Waals surface area contributed by atoms with Crippen molar-refractivity contribution in [3.8, 4) is 0 Å². The molecule has 3 heterocycles. The molecule has 8 nitrogen and oxygen atoms in total. The van der Waals surface area contributed by atoms with E-state index in [2.05, 4.69) is 15.0 Å². The lowest BCUT2D eigenvalue weighted by Gasteiger charge is -2.47. The van der Waals surface area contributed by atoms with Gasteiger partial charge >= 0.3 is 0 Å². The SMILES string of the molecule is CS(=O)(=O)N[C@@H]1[C@@H](NC(=O)Cc2cnc3ccccn23)[C@H]2CCO[C@H]21. The second kappa shape index (κ2) is 6.08. The highest BCUT2D eigenvalue weighted by Crippen LogP contribution is 2.39. The van der Waals surface area contributed by atoms with Crippen LogP contribution in [-0.2, 0) is 26.0 Å². The van der Waals surface area contributed by atoms with E-state index in [1.807, 2.05) is 28.8 Å². The van der Waals surface area contributed by atoms with Gasteiger partial charge in [-0.25, -0.2) is 18.1 Å². The Morgan fingerprint density at radius 1 is 1.40 bits per heavy atom. The van der Waals surface area contributed by atoms with Crippen molar-refractivity contribution in [1.82, 2.24) is 19.4 Å². The molecular formula is C16H20N4O4S. The highest BCUT2D eigenvalue weighted by molar-refractivity contribution is 7.88. The van der Waals surface area contributed by atoms with Crippen molar-refractivity contribution in [3.05, 3.63) is 36.3 Å². The van der Waals surface area contributed by atoms with E-state index in [1.54, 1.807) is 6.20 Å². The Hall–Kier alpha value is -1.97. The second-order valence-electron chi connectivity index (χ2n) is 6.65. The topological polar surface area (TPSA) is 102 Å². The lowest BCUT2D eigenvalue weighted by Crippen LogP contribution is -2.70.